The molecular weight excluding hydrogens is 406 g/mol. The Morgan fingerprint density at radius 1 is 1.12 bits per heavy atom. The molecule has 5 nitrogen and oxygen atoms in total. The van der Waals surface area contributed by atoms with Crippen LogP contribution in [-0.4, -0.2) is 33.5 Å². The fraction of sp³-hybridized carbons (Fsp3) is 0.333. The molecule has 2 aromatic rings. The third kappa shape index (κ3) is 3.54. The number of nitrogens with zero attached hydrogens (tertiary/aromatic N) is 1. The van der Waals surface area contributed by atoms with E-state index in [9.17, 15) is 8.42 Å². The van der Waals surface area contributed by atoms with E-state index in [1.165, 1.54) is 7.11 Å². The van der Waals surface area contributed by atoms with Crippen molar-refractivity contribution in [2.45, 2.75) is 23.8 Å². The molecule has 0 amide bonds. The van der Waals surface area contributed by atoms with Crippen LogP contribution in [0.5, 0.6) is 11.5 Å². The molecule has 0 spiro atoms. The first kappa shape index (κ1) is 18.2. The summed E-state index contributed by atoms with van der Waals surface area (Å²) in [6, 6.07) is 12.4. The molecule has 1 aliphatic rings. The topological polar surface area (TPSA) is 55.8 Å². The highest BCUT2D eigenvalue weighted by molar-refractivity contribution is 9.10. The minimum Gasteiger partial charge on any atom is -0.497 e. The average Bonchev–Trinajstić information content (AvgIpc) is 3.12. The SMILES string of the molecule is COc1cccc(C2CCCN2S(=O)(=O)c2cc(Br)ccc2OC)c1. The Hall–Kier alpha value is -1.57. The zero-order valence-corrected chi connectivity index (χ0v) is 16.5. The summed E-state index contributed by atoms with van der Waals surface area (Å²) in [5.41, 5.74) is 0.939. The number of rotatable bonds is 5. The Bertz CT molecular complexity index is 869. The summed E-state index contributed by atoms with van der Waals surface area (Å²) < 4.78 is 39.4. The van der Waals surface area contributed by atoms with Gasteiger partial charge in [-0.25, -0.2) is 8.42 Å². The number of benzene rings is 2. The van der Waals surface area contributed by atoms with Gasteiger partial charge in [-0.15, -0.1) is 0 Å². The zero-order chi connectivity index (χ0) is 18.0. The van der Waals surface area contributed by atoms with Crippen molar-refractivity contribution in [3.8, 4) is 11.5 Å². The molecule has 0 aliphatic carbocycles. The maximum absolute atomic E-state index is 13.3. The maximum atomic E-state index is 13.3. The van der Waals surface area contributed by atoms with Gasteiger partial charge in [0.2, 0.25) is 10.0 Å². The van der Waals surface area contributed by atoms with Crippen LogP contribution in [0.1, 0.15) is 24.4 Å². The van der Waals surface area contributed by atoms with Gasteiger partial charge in [-0.05, 0) is 48.7 Å². The standard InChI is InChI=1S/C18H20BrNO4S/c1-23-15-6-3-5-13(11-15)16-7-4-10-20(16)25(21,22)18-12-14(19)8-9-17(18)24-2/h3,5-6,8-9,11-12,16H,4,7,10H2,1-2H3. The fourth-order valence-corrected chi connectivity index (χ4v) is 5.57. The molecular formula is C18H20BrNO4S. The number of hydrogen-bond acceptors (Lipinski definition) is 4. The Balaban J connectivity index is 2.03. The van der Waals surface area contributed by atoms with Crippen LogP contribution in [0.25, 0.3) is 0 Å². The molecule has 1 saturated heterocycles. The first-order chi connectivity index (χ1) is 12.0. The summed E-state index contributed by atoms with van der Waals surface area (Å²) in [5, 5.41) is 0. The van der Waals surface area contributed by atoms with Gasteiger partial charge < -0.3 is 9.47 Å². The Morgan fingerprint density at radius 3 is 2.64 bits per heavy atom. The summed E-state index contributed by atoms with van der Waals surface area (Å²) in [6.07, 6.45) is 1.60. The minimum absolute atomic E-state index is 0.180. The van der Waals surface area contributed by atoms with E-state index >= 15 is 0 Å². The smallest absolute Gasteiger partial charge is 0.247 e. The van der Waals surface area contributed by atoms with Gasteiger partial charge in [0.05, 0.1) is 20.3 Å². The molecule has 0 radical (unpaired) electrons. The van der Waals surface area contributed by atoms with E-state index in [4.69, 9.17) is 9.47 Å². The molecule has 2 aromatic carbocycles. The van der Waals surface area contributed by atoms with Crippen molar-refractivity contribution < 1.29 is 17.9 Å². The van der Waals surface area contributed by atoms with Crippen molar-refractivity contribution in [1.29, 1.82) is 0 Å². The van der Waals surface area contributed by atoms with Crippen LogP contribution >= 0.6 is 15.9 Å². The van der Waals surface area contributed by atoms with Crippen molar-refractivity contribution in [3.63, 3.8) is 0 Å². The number of ether oxygens (including phenoxy) is 2. The third-order valence-corrected chi connectivity index (χ3v) is 6.82. The molecule has 0 saturated carbocycles. The van der Waals surface area contributed by atoms with Crippen molar-refractivity contribution in [2.24, 2.45) is 0 Å². The van der Waals surface area contributed by atoms with E-state index in [-0.39, 0.29) is 10.9 Å². The number of hydrogen-bond donors (Lipinski definition) is 0. The van der Waals surface area contributed by atoms with Crippen molar-refractivity contribution in [2.75, 3.05) is 20.8 Å². The molecule has 1 fully saturated rings. The summed E-state index contributed by atoms with van der Waals surface area (Å²) in [4.78, 5) is 0.180. The van der Waals surface area contributed by atoms with E-state index in [1.807, 2.05) is 24.3 Å². The van der Waals surface area contributed by atoms with Gasteiger partial charge >= 0.3 is 0 Å². The second-order valence-electron chi connectivity index (χ2n) is 5.85. The van der Waals surface area contributed by atoms with Gasteiger partial charge in [0.15, 0.2) is 0 Å². The molecule has 1 unspecified atom stereocenters. The van der Waals surface area contributed by atoms with Gasteiger partial charge in [-0.3, -0.25) is 0 Å². The first-order valence-corrected chi connectivity index (χ1v) is 10.2. The fourth-order valence-electron chi connectivity index (χ4n) is 3.19. The van der Waals surface area contributed by atoms with Gasteiger partial charge in [-0.1, -0.05) is 28.1 Å². The molecule has 7 heteroatoms. The number of methoxy groups -OCH3 is 2. The highest BCUT2D eigenvalue weighted by atomic mass is 79.9. The Labute approximate surface area is 156 Å². The Kier molecular flexibility index (Phi) is 5.36. The molecule has 1 heterocycles. The van der Waals surface area contributed by atoms with Crippen molar-refractivity contribution in [1.82, 2.24) is 4.31 Å². The summed E-state index contributed by atoms with van der Waals surface area (Å²) >= 11 is 3.35. The molecule has 1 aliphatic heterocycles. The van der Waals surface area contributed by atoms with Crippen molar-refractivity contribution in [3.05, 3.63) is 52.5 Å². The monoisotopic (exact) mass is 425 g/mol. The van der Waals surface area contributed by atoms with E-state index in [1.54, 1.807) is 29.6 Å². The summed E-state index contributed by atoms with van der Waals surface area (Å²) in [5.74, 6) is 1.07. The van der Waals surface area contributed by atoms with Crippen LogP contribution in [0.2, 0.25) is 0 Å². The van der Waals surface area contributed by atoms with E-state index < -0.39 is 10.0 Å². The molecule has 134 valence electrons. The molecule has 1 atom stereocenters. The van der Waals surface area contributed by atoms with E-state index in [2.05, 4.69) is 15.9 Å². The second kappa shape index (κ2) is 7.35. The lowest BCUT2D eigenvalue weighted by molar-refractivity contribution is 0.378. The zero-order valence-electron chi connectivity index (χ0n) is 14.1. The van der Waals surface area contributed by atoms with Crippen LogP contribution < -0.4 is 9.47 Å². The van der Waals surface area contributed by atoms with Crippen molar-refractivity contribution >= 4 is 26.0 Å². The summed E-state index contributed by atoms with van der Waals surface area (Å²) in [6.45, 7) is 0.486. The van der Waals surface area contributed by atoms with Crippen LogP contribution in [0.4, 0.5) is 0 Å². The Morgan fingerprint density at radius 2 is 1.92 bits per heavy atom. The summed E-state index contributed by atoms with van der Waals surface area (Å²) in [7, 11) is -0.600. The van der Waals surface area contributed by atoms with E-state index in [0.29, 0.717) is 16.8 Å². The quantitative estimate of drug-likeness (QED) is 0.726. The highest BCUT2D eigenvalue weighted by Gasteiger charge is 2.37. The van der Waals surface area contributed by atoms with Crippen LogP contribution in [0, 0.1) is 0 Å². The molecule has 0 bridgehead atoms. The van der Waals surface area contributed by atoms with Gasteiger partial charge in [-0.2, -0.15) is 4.31 Å². The molecule has 3 rings (SSSR count). The first-order valence-electron chi connectivity index (χ1n) is 7.96. The lowest BCUT2D eigenvalue weighted by atomic mass is 10.1. The average molecular weight is 426 g/mol. The lowest BCUT2D eigenvalue weighted by Crippen LogP contribution is -2.31. The number of sulfonamides is 1. The van der Waals surface area contributed by atoms with Gasteiger partial charge in [0.25, 0.3) is 0 Å². The molecule has 0 N–H and O–H groups in total. The largest absolute Gasteiger partial charge is 0.497 e. The lowest BCUT2D eigenvalue weighted by Gasteiger charge is -2.25. The van der Waals surface area contributed by atoms with Crippen LogP contribution in [0.3, 0.4) is 0 Å². The molecule has 25 heavy (non-hydrogen) atoms. The predicted molar refractivity (Wildman–Crippen MR) is 99.6 cm³/mol. The normalized spacial score (nSPS) is 18.3. The van der Waals surface area contributed by atoms with E-state index in [0.717, 1.165) is 24.2 Å². The predicted octanol–water partition coefficient (Wildman–Crippen LogP) is 3.99. The maximum Gasteiger partial charge on any atom is 0.247 e. The second-order valence-corrected chi connectivity index (χ2v) is 8.62. The minimum atomic E-state index is -3.68. The molecule has 0 aromatic heterocycles. The third-order valence-electron chi connectivity index (χ3n) is 4.39. The van der Waals surface area contributed by atoms with Gasteiger partial charge in [0.1, 0.15) is 16.4 Å². The van der Waals surface area contributed by atoms with Crippen LogP contribution in [-0.2, 0) is 10.0 Å². The van der Waals surface area contributed by atoms with Gasteiger partial charge in [0, 0.05) is 11.0 Å². The number of halogens is 1. The van der Waals surface area contributed by atoms with Crippen LogP contribution in [0.15, 0.2) is 51.8 Å². The highest BCUT2D eigenvalue weighted by Crippen LogP contribution is 2.40.